The number of hydrogen-bond donors (Lipinski definition) is 1. The van der Waals surface area contributed by atoms with Crippen LogP contribution in [-0.4, -0.2) is 52.6 Å². The van der Waals surface area contributed by atoms with Crippen LogP contribution >= 0.6 is 23.2 Å². The molecule has 0 bridgehead atoms. The van der Waals surface area contributed by atoms with E-state index in [0.717, 1.165) is 6.42 Å². The average Bonchev–Trinajstić information content (AvgIpc) is 3.09. The standard InChI is InChI=1S/C26H29Cl2N3O4/c1-3-14-29-24(33)22(4-2)31(16-19-20(27)11-7-12-21(19)28)23(32)13-8-15-30-25(34)17-9-5-6-10-18(17)26(30)35/h5-7,9-12,22H,3-4,8,13-16H2,1-2H3,(H,29,33)/t22-/m1/s1. The van der Waals surface area contributed by atoms with E-state index in [-0.39, 0.29) is 49.6 Å². The van der Waals surface area contributed by atoms with E-state index in [4.69, 9.17) is 23.2 Å². The molecule has 0 fully saturated rings. The highest BCUT2D eigenvalue weighted by molar-refractivity contribution is 6.36. The molecule has 186 valence electrons. The molecular weight excluding hydrogens is 489 g/mol. The highest BCUT2D eigenvalue weighted by Crippen LogP contribution is 2.28. The smallest absolute Gasteiger partial charge is 0.261 e. The molecule has 1 aliphatic heterocycles. The van der Waals surface area contributed by atoms with Gasteiger partial charge in [-0.25, -0.2) is 0 Å². The van der Waals surface area contributed by atoms with Gasteiger partial charge in [-0.05, 0) is 43.5 Å². The maximum Gasteiger partial charge on any atom is 0.261 e. The first-order valence-electron chi connectivity index (χ1n) is 11.7. The zero-order valence-electron chi connectivity index (χ0n) is 19.9. The molecule has 0 radical (unpaired) electrons. The Hall–Kier alpha value is -2.90. The van der Waals surface area contributed by atoms with Crippen LogP contribution in [0.25, 0.3) is 0 Å². The first-order valence-corrected chi connectivity index (χ1v) is 12.5. The zero-order chi connectivity index (χ0) is 25.5. The van der Waals surface area contributed by atoms with Gasteiger partial charge in [0.15, 0.2) is 0 Å². The first kappa shape index (κ1) is 26.7. The molecule has 2 aromatic carbocycles. The van der Waals surface area contributed by atoms with E-state index < -0.39 is 6.04 Å². The second kappa shape index (κ2) is 12.2. The van der Waals surface area contributed by atoms with Crippen LogP contribution in [-0.2, 0) is 16.1 Å². The molecule has 0 saturated carbocycles. The molecule has 35 heavy (non-hydrogen) atoms. The van der Waals surface area contributed by atoms with Crippen LogP contribution in [0.15, 0.2) is 42.5 Å². The van der Waals surface area contributed by atoms with Crippen molar-refractivity contribution in [3.63, 3.8) is 0 Å². The van der Waals surface area contributed by atoms with Crippen molar-refractivity contribution in [2.75, 3.05) is 13.1 Å². The molecule has 0 aliphatic carbocycles. The Labute approximate surface area is 215 Å². The Morgan fingerprint density at radius 3 is 2.11 bits per heavy atom. The third-order valence-corrected chi connectivity index (χ3v) is 6.68. The Morgan fingerprint density at radius 2 is 1.57 bits per heavy atom. The molecule has 3 rings (SSSR count). The van der Waals surface area contributed by atoms with Gasteiger partial charge in [0.2, 0.25) is 11.8 Å². The van der Waals surface area contributed by atoms with E-state index in [9.17, 15) is 19.2 Å². The van der Waals surface area contributed by atoms with Gasteiger partial charge < -0.3 is 10.2 Å². The predicted octanol–water partition coefficient (Wildman–Crippen LogP) is 4.70. The Bertz CT molecular complexity index is 1070. The van der Waals surface area contributed by atoms with Crippen molar-refractivity contribution >= 4 is 46.8 Å². The molecule has 0 saturated heterocycles. The lowest BCUT2D eigenvalue weighted by Gasteiger charge is -2.31. The van der Waals surface area contributed by atoms with Crippen LogP contribution in [0.5, 0.6) is 0 Å². The summed E-state index contributed by atoms with van der Waals surface area (Å²) in [6.07, 6.45) is 1.49. The number of amides is 4. The average molecular weight is 518 g/mol. The highest BCUT2D eigenvalue weighted by atomic mass is 35.5. The van der Waals surface area contributed by atoms with Crippen molar-refractivity contribution in [1.29, 1.82) is 0 Å². The summed E-state index contributed by atoms with van der Waals surface area (Å²) < 4.78 is 0. The minimum absolute atomic E-state index is 0.0486. The minimum Gasteiger partial charge on any atom is -0.354 e. The van der Waals surface area contributed by atoms with Gasteiger partial charge in [0.1, 0.15) is 6.04 Å². The largest absolute Gasteiger partial charge is 0.354 e. The van der Waals surface area contributed by atoms with E-state index in [1.54, 1.807) is 42.5 Å². The number of rotatable bonds is 11. The molecule has 0 spiro atoms. The molecule has 1 heterocycles. The molecule has 0 aromatic heterocycles. The quantitative estimate of drug-likeness (QED) is 0.437. The fourth-order valence-corrected chi connectivity index (χ4v) is 4.63. The third kappa shape index (κ3) is 6.03. The summed E-state index contributed by atoms with van der Waals surface area (Å²) in [5, 5.41) is 3.68. The summed E-state index contributed by atoms with van der Waals surface area (Å²) in [7, 11) is 0. The second-order valence-corrected chi connectivity index (χ2v) is 9.16. The molecule has 0 unspecified atom stereocenters. The lowest BCUT2D eigenvalue weighted by atomic mass is 10.1. The number of hydrogen-bond acceptors (Lipinski definition) is 4. The molecule has 2 aromatic rings. The van der Waals surface area contributed by atoms with Gasteiger partial charge in [-0.3, -0.25) is 24.1 Å². The van der Waals surface area contributed by atoms with Crippen LogP contribution < -0.4 is 5.32 Å². The SMILES string of the molecule is CCCNC(=O)[C@@H](CC)N(Cc1c(Cl)cccc1Cl)C(=O)CCCN1C(=O)c2ccccc2C1=O. The van der Waals surface area contributed by atoms with Crippen LogP contribution in [0.2, 0.25) is 10.0 Å². The number of fused-ring (bicyclic) bond motifs is 1. The Balaban J connectivity index is 1.74. The van der Waals surface area contributed by atoms with Crippen LogP contribution in [0, 0.1) is 0 Å². The number of carbonyl (C=O) groups excluding carboxylic acids is 4. The van der Waals surface area contributed by atoms with Crippen LogP contribution in [0.4, 0.5) is 0 Å². The number of benzene rings is 2. The Kier molecular flexibility index (Phi) is 9.29. The molecule has 1 aliphatic rings. The maximum atomic E-state index is 13.4. The van der Waals surface area contributed by atoms with Gasteiger partial charge in [-0.15, -0.1) is 0 Å². The van der Waals surface area contributed by atoms with E-state index >= 15 is 0 Å². The van der Waals surface area contributed by atoms with Crippen molar-refractivity contribution in [2.24, 2.45) is 0 Å². The number of halogens is 2. The fourth-order valence-electron chi connectivity index (χ4n) is 4.11. The zero-order valence-corrected chi connectivity index (χ0v) is 21.4. The normalized spacial score (nSPS) is 13.5. The van der Waals surface area contributed by atoms with E-state index in [1.807, 2.05) is 13.8 Å². The van der Waals surface area contributed by atoms with E-state index in [0.29, 0.717) is 39.7 Å². The Morgan fingerprint density at radius 1 is 0.971 bits per heavy atom. The summed E-state index contributed by atoms with van der Waals surface area (Å²) in [4.78, 5) is 54.1. The van der Waals surface area contributed by atoms with Crippen molar-refractivity contribution in [3.05, 3.63) is 69.2 Å². The topological polar surface area (TPSA) is 86.8 Å². The monoisotopic (exact) mass is 517 g/mol. The number of imide groups is 1. The summed E-state index contributed by atoms with van der Waals surface area (Å²) in [5.74, 6) is -1.24. The lowest BCUT2D eigenvalue weighted by molar-refractivity contribution is -0.141. The molecule has 1 N–H and O–H groups in total. The summed E-state index contributed by atoms with van der Waals surface area (Å²) in [6, 6.07) is 11.0. The number of nitrogens with one attached hydrogen (secondary N) is 1. The van der Waals surface area contributed by atoms with E-state index in [1.165, 1.54) is 9.80 Å². The molecule has 7 nitrogen and oxygen atoms in total. The molecule has 9 heteroatoms. The van der Waals surface area contributed by atoms with Gasteiger partial charge in [-0.2, -0.15) is 0 Å². The van der Waals surface area contributed by atoms with Gasteiger partial charge in [-0.1, -0.05) is 55.2 Å². The predicted molar refractivity (Wildman–Crippen MR) is 135 cm³/mol. The molecule has 4 amide bonds. The van der Waals surface area contributed by atoms with Gasteiger partial charge in [0.25, 0.3) is 11.8 Å². The van der Waals surface area contributed by atoms with Gasteiger partial charge in [0.05, 0.1) is 11.1 Å². The summed E-state index contributed by atoms with van der Waals surface area (Å²) in [5.41, 5.74) is 1.31. The van der Waals surface area contributed by atoms with Crippen LogP contribution in [0.1, 0.15) is 65.8 Å². The van der Waals surface area contributed by atoms with Gasteiger partial charge >= 0.3 is 0 Å². The lowest BCUT2D eigenvalue weighted by Crippen LogP contribution is -2.49. The van der Waals surface area contributed by atoms with Crippen LogP contribution in [0.3, 0.4) is 0 Å². The van der Waals surface area contributed by atoms with Crippen molar-refractivity contribution in [1.82, 2.24) is 15.1 Å². The summed E-state index contributed by atoms with van der Waals surface area (Å²) in [6.45, 7) is 4.47. The van der Waals surface area contributed by atoms with Crippen molar-refractivity contribution in [2.45, 2.75) is 52.1 Å². The minimum atomic E-state index is -0.708. The number of nitrogens with zero attached hydrogens (tertiary/aromatic N) is 2. The van der Waals surface area contributed by atoms with Crippen molar-refractivity contribution < 1.29 is 19.2 Å². The first-order chi connectivity index (χ1) is 16.8. The molecule has 1 atom stereocenters. The highest BCUT2D eigenvalue weighted by Gasteiger charge is 2.35. The van der Waals surface area contributed by atoms with E-state index in [2.05, 4.69) is 5.32 Å². The summed E-state index contributed by atoms with van der Waals surface area (Å²) >= 11 is 12.7. The fraction of sp³-hybridized carbons (Fsp3) is 0.385. The number of carbonyl (C=O) groups is 4. The molecular formula is C26H29Cl2N3O4. The second-order valence-electron chi connectivity index (χ2n) is 8.35. The third-order valence-electron chi connectivity index (χ3n) is 5.98. The van der Waals surface area contributed by atoms with Gasteiger partial charge in [0, 0.05) is 41.7 Å². The maximum absolute atomic E-state index is 13.4. The van der Waals surface area contributed by atoms with Crippen molar-refractivity contribution in [3.8, 4) is 0 Å².